The molecule has 15 nitrogen and oxygen atoms in total. The lowest BCUT2D eigenvalue weighted by atomic mass is 9.80. The normalized spacial score (nSPS) is 20.7. The van der Waals surface area contributed by atoms with E-state index in [0.717, 1.165) is 92.4 Å². The minimum absolute atomic E-state index is 0.0254. The summed E-state index contributed by atoms with van der Waals surface area (Å²) in [6, 6.07) is 15.2. The number of nitrogens with one attached hydrogen (secondary N) is 5. The van der Waals surface area contributed by atoms with E-state index in [4.69, 9.17) is 0 Å². The minimum atomic E-state index is -4.47. The van der Waals surface area contributed by atoms with Gasteiger partial charge in [-0.25, -0.2) is 19.9 Å². The number of anilines is 3. The molecule has 2 saturated carbocycles. The lowest BCUT2D eigenvalue weighted by Gasteiger charge is -2.46. The maximum Gasteiger partial charge on any atom is 0.416 e. The molecule has 0 unspecified atom stereocenters. The van der Waals surface area contributed by atoms with Crippen LogP contribution in [0.15, 0.2) is 85.8 Å². The van der Waals surface area contributed by atoms with Crippen LogP contribution in [0.2, 0.25) is 0 Å². The smallest absolute Gasteiger partial charge is 0.387 e. The van der Waals surface area contributed by atoms with E-state index in [1.807, 2.05) is 19.4 Å². The maximum absolute atomic E-state index is 13.1. The third-order valence-electron chi connectivity index (χ3n) is 14.7. The number of aldehydes is 1. The first-order valence-corrected chi connectivity index (χ1v) is 25.1. The number of likely N-dealkylation sites (tertiary alicyclic amines) is 2. The van der Waals surface area contributed by atoms with E-state index in [1.54, 1.807) is 0 Å². The number of nitrogens with zero attached hydrogens (tertiary/aromatic N) is 8. The van der Waals surface area contributed by atoms with E-state index < -0.39 is 23.5 Å². The molecule has 2 aromatic carbocycles. The second kappa shape index (κ2) is 24.2. The quantitative estimate of drug-likeness (QED) is 0.0549. The van der Waals surface area contributed by atoms with E-state index in [2.05, 4.69) is 105 Å². The number of halogens is 6. The molecular weight excluding hydrogens is 965 g/mol. The fourth-order valence-electron chi connectivity index (χ4n) is 10.4. The summed E-state index contributed by atoms with van der Waals surface area (Å²) in [4.78, 5) is 52.2. The van der Waals surface area contributed by atoms with Gasteiger partial charge < -0.3 is 31.4 Å². The number of rotatable bonds is 13. The van der Waals surface area contributed by atoms with Crippen LogP contribution >= 0.6 is 0 Å². The molecule has 2 aliphatic carbocycles. The first-order valence-electron chi connectivity index (χ1n) is 25.1. The summed E-state index contributed by atoms with van der Waals surface area (Å²) in [5, 5.41) is 15.6. The largest absolute Gasteiger partial charge is 0.416 e. The van der Waals surface area contributed by atoms with Gasteiger partial charge in [0.15, 0.2) is 0 Å². The molecule has 2 aliphatic heterocycles. The number of fused-ring (bicyclic) bond motifs is 2. The molecular formula is C53H63F6N13O2. The van der Waals surface area contributed by atoms with Crippen molar-refractivity contribution in [2.75, 3.05) is 69.3 Å². The second-order valence-corrected chi connectivity index (χ2v) is 19.4. The summed E-state index contributed by atoms with van der Waals surface area (Å²) in [6.45, 7) is 6.07. The van der Waals surface area contributed by atoms with Crippen molar-refractivity contribution in [3.05, 3.63) is 114 Å². The summed E-state index contributed by atoms with van der Waals surface area (Å²) in [5.41, 5.74) is 4.20. The van der Waals surface area contributed by atoms with Gasteiger partial charge in [-0.05, 0) is 137 Å². The first kappa shape index (κ1) is 53.7. The van der Waals surface area contributed by atoms with Crippen LogP contribution in [0.1, 0.15) is 91.2 Å². The van der Waals surface area contributed by atoms with Gasteiger partial charge >= 0.3 is 12.4 Å². The van der Waals surface area contributed by atoms with Crippen molar-refractivity contribution in [1.82, 2.24) is 50.3 Å². The van der Waals surface area contributed by atoms with Crippen molar-refractivity contribution in [3.63, 3.8) is 0 Å². The molecule has 0 bridgehead atoms. The number of likely N-dealkylation sites (N-methyl/N-ethyl adjacent to an activating group) is 1. The number of benzene rings is 2. The van der Waals surface area contributed by atoms with Gasteiger partial charge in [0.1, 0.15) is 30.6 Å². The zero-order valence-electron chi connectivity index (χ0n) is 41.7. The number of pyridine rings is 2. The van der Waals surface area contributed by atoms with Gasteiger partial charge in [0.2, 0.25) is 5.91 Å². The molecule has 4 aliphatic rings. The molecule has 2 saturated heterocycles. The van der Waals surface area contributed by atoms with Crippen LogP contribution in [-0.2, 0) is 21.9 Å². The predicted molar refractivity (Wildman–Crippen MR) is 273 cm³/mol. The molecule has 6 aromatic rings. The second-order valence-electron chi connectivity index (χ2n) is 19.4. The van der Waals surface area contributed by atoms with Crippen molar-refractivity contribution in [2.45, 2.75) is 107 Å². The molecule has 394 valence electrons. The lowest BCUT2D eigenvalue weighted by Crippen LogP contribution is -2.63. The van der Waals surface area contributed by atoms with Crippen LogP contribution in [0, 0.1) is 6.92 Å². The Kier molecular flexibility index (Phi) is 17.5. The zero-order valence-corrected chi connectivity index (χ0v) is 41.7. The van der Waals surface area contributed by atoms with Crippen LogP contribution in [0.5, 0.6) is 0 Å². The van der Waals surface area contributed by atoms with Crippen molar-refractivity contribution in [2.24, 2.45) is 0 Å². The van der Waals surface area contributed by atoms with E-state index in [9.17, 15) is 35.9 Å². The number of carbonyl (C=O) groups excluding carboxylic acids is 2. The fourth-order valence-corrected chi connectivity index (χ4v) is 10.4. The maximum atomic E-state index is 13.1. The molecule has 0 atom stereocenters. The molecule has 5 N–H and O–H groups in total. The van der Waals surface area contributed by atoms with E-state index in [0.29, 0.717) is 29.3 Å². The number of hydrogen-bond acceptors (Lipinski definition) is 14. The fraction of sp³-hybridized carbons (Fsp3) is 0.472. The van der Waals surface area contributed by atoms with Gasteiger partial charge in [-0.3, -0.25) is 24.6 Å². The van der Waals surface area contributed by atoms with E-state index in [-0.39, 0.29) is 47.4 Å². The summed E-state index contributed by atoms with van der Waals surface area (Å²) in [5.74, 6) is 1.47. The highest BCUT2D eigenvalue weighted by atomic mass is 19.4. The molecule has 10 rings (SSSR count). The monoisotopic (exact) mass is 1030 g/mol. The van der Waals surface area contributed by atoms with Crippen LogP contribution in [0.25, 0.3) is 21.8 Å². The van der Waals surface area contributed by atoms with Gasteiger partial charge in [0, 0.05) is 80.2 Å². The van der Waals surface area contributed by atoms with Crippen LogP contribution in [-0.4, -0.2) is 129 Å². The highest BCUT2D eigenvalue weighted by molar-refractivity contribution is 5.92. The number of amides is 1. The summed E-state index contributed by atoms with van der Waals surface area (Å²) >= 11 is 0. The molecule has 6 heterocycles. The highest BCUT2D eigenvalue weighted by Crippen LogP contribution is 2.40. The third kappa shape index (κ3) is 13.6. The SMILES string of the molecule is CNC1CN(C2CCC(c3ccc(C)nc3)CC2)C1.CNc1cnccc1C1CCC(N2CC(NC(=O)CNc3ncnc4ccc(C(F)(F)F)cc34)C2)CC1.O=CCNc1ncnc2ccc(C(F)(F)F)cc12. The van der Waals surface area contributed by atoms with Crippen molar-refractivity contribution in [1.29, 1.82) is 0 Å². The Balaban J connectivity index is 0.000000165. The van der Waals surface area contributed by atoms with Gasteiger partial charge in [0.25, 0.3) is 0 Å². The van der Waals surface area contributed by atoms with Gasteiger partial charge in [-0.2, -0.15) is 26.3 Å². The Hall–Kier alpha value is -6.58. The summed E-state index contributed by atoms with van der Waals surface area (Å²) in [7, 11) is 4.00. The van der Waals surface area contributed by atoms with Crippen molar-refractivity contribution < 1.29 is 35.9 Å². The summed E-state index contributed by atoms with van der Waals surface area (Å²) < 4.78 is 77.1. The molecule has 4 aromatic heterocycles. The standard InChI is InChI=1S/C26H30F3N7O.C16H25N3.C11H8F3N3O/c1-30-23-11-31-9-8-20(23)16-2-5-19(6-3-16)36-13-18(14-36)35-24(37)12-32-25-21-10-17(26(27,28)29)4-7-22(21)33-15-34-25;1-12-3-4-14(9-18-12)13-5-7-16(8-6-13)19-10-15(11-19)17-2;12-11(13,14)7-1-2-9-8(5-7)10(15-3-4-18)17-6-16-9/h4,7-11,15-16,18-19,30H,2-3,5-6,12-14H2,1H3,(H,35,37)(H,32,33,34);3-4,9,13,15-17H,5-8,10-11H2,1-2H3;1-2,4-6H,3H2,(H,15,16,17). The molecule has 0 radical (unpaired) electrons. The number of aryl methyl sites for hydroxylation is 1. The number of hydrogen-bond donors (Lipinski definition) is 5. The average molecular weight is 1030 g/mol. The van der Waals surface area contributed by atoms with E-state index >= 15 is 0 Å². The number of alkyl halides is 6. The predicted octanol–water partition coefficient (Wildman–Crippen LogP) is 8.60. The Labute approximate surface area is 426 Å². The van der Waals surface area contributed by atoms with E-state index in [1.165, 1.54) is 74.7 Å². The molecule has 0 spiro atoms. The highest BCUT2D eigenvalue weighted by Gasteiger charge is 2.37. The van der Waals surface area contributed by atoms with Gasteiger partial charge in [0.05, 0.1) is 53.2 Å². The van der Waals surface area contributed by atoms with Crippen molar-refractivity contribution in [3.8, 4) is 0 Å². The van der Waals surface area contributed by atoms with Gasteiger partial charge in [-0.15, -0.1) is 0 Å². The average Bonchev–Trinajstić information content (AvgIpc) is 3.38. The number of aromatic nitrogens is 6. The summed E-state index contributed by atoms with van der Waals surface area (Å²) in [6.07, 6.45) is 9.89. The van der Waals surface area contributed by atoms with Crippen molar-refractivity contribution >= 4 is 51.3 Å². The van der Waals surface area contributed by atoms with Crippen LogP contribution in [0.3, 0.4) is 0 Å². The first-order chi connectivity index (χ1) is 35.6. The molecule has 4 fully saturated rings. The molecule has 1 amide bonds. The molecule has 21 heteroatoms. The lowest BCUT2D eigenvalue weighted by molar-refractivity contribution is -0.138. The Morgan fingerprint density at radius 3 is 1.73 bits per heavy atom. The Morgan fingerprint density at radius 2 is 1.22 bits per heavy atom. The van der Waals surface area contributed by atoms with Gasteiger partial charge in [-0.1, -0.05) is 6.07 Å². The third-order valence-corrected chi connectivity index (χ3v) is 14.7. The minimum Gasteiger partial charge on any atom is -0.387 e. The van der Waals surface area contributed by atoms with Crippen LogP contribution in [0.4, 0.5) is 43.7 Å². The number of carbonyl (C=O) groups is 2. The molecule has 74 heavy (non-hydrogen) atoms. The topological polar surface area (TPSA) is 178 Å². The Bertz CT molecular complexity index is 2810. The zero-order chi connectivity index (χ0) is 52.4. The Morgan fingerprint density at radius 1 is 0.662 bits per heavy atom. The van der Waals surface area contributed by atoms with Crippen LogP contribution < -0.4 is 26.6 Å².